The van der Waals surface area contributed by atoms with Gasteiger partial charge in [-0.15, -0.1) is 0 Å². The topological polar surface area (TPSA) is 108 Å². The summed E-state index contributed by atoms with van der Waals surface area (Å²) in [7, 11) is 2.87. The number of nitro benzene ring substituents is 1. The van der Waals surface area contributed by atoms with E-state index in [1.165, 1.54) is 26.4 Å². The first-order valence-corrected chi connectivity index (χ1v) is 8.71. The smallest absolute Gasteiger partial charge is 0.309 e. The molecule has 0 saturated heterocycles. The highest BCUT2D eigenvalue weighted by molar-refractivity contribution is 5.74. The van der Waals surface area contributed by atoms with E-state index in [0.29, 0.717) is 37.0 Å². The lowest BCUT2D eigenvalue weighted by Gasteiger charge is -2.28. The summed E-state index contributed by atoms with van der Waals surface area (Å²) >= 11 is 0. The second-order valence-corrected chi connectivity index (χ2v) is 6.81. The number of hydrogen-bond acceptors (Lipinski definition) is 6. The molecule has 0 unspecified atom stereocenters. The van der Waals surface area contributed by atoms with Crippen molar-refractivity contribution in [2.45, 2.75) is 45.3 Å². The highest BCUT2D eigenvalue weighted by Crippen LogP contribution is 2.36. The molecule has 0 saturated carbocycles. The third kappa shape index (κ3) is 4.97. The Balaban J connectivity index is 2.16. The Hall–Kier alpha value is -2.61. The van der Waals surface area contributed by atoms with E-state index in [9.17, 15) is 20.0 Å². The highest BCUT2D eigenvalue weighted by atomic mass is 16.6. The fourth-order valence-corrected chi connectivity index (χ4v) is 3.08. The van der Waals surface area contributed by atoms with Gasteiger partial charge in [0.1, 0.15) is 0 Å². The number of allylic oxidation sites excluding steroid dienone is 1. The number of carboxylic acid groups (broad SMARTS) is 1. The molecule has 2 atom stereocenters. The fourth-order valence-electron chi connectivity index (χ4n) is 3.08. The van der Waals surface area contributed by atoms with Crippen LogP contribution in [0, 0.1) is 15.5 Å². The quantitative estimate of drug-likeness (QED) is 0.437. The molecule has 1 N–H and O–H groups in total. The van der Waals surface area contributed by atoms with Crippen molar-refractivity contribution in [1.82, 2.24) is 0 Å². The molecular weight excluding hydrogens is 354 g/mol. The Morgan fingerprint density at radius 2 is 1.96 bits per heavy atom. The van der Waals surface area contributed by atoms with Gasteiger partial charge in [0.15, 0.2) is 11.5 Å². The van der Waals surface area contributed by atoms with Crippen LogP contribution in [0.3, 0.4) is 0 Å². The number of nitro groups is 1. The number of carbonyl (C=O) groups is 1. The number of ether oxygens (including phenoxy) is 3. The Morgan fingerprint density at radius 1 is 1.30 bits per heavy atom. The first kappa shape index (κ1) is 20.7. The minimum absolute atomic E-state index is 0.00938. The van der Waals surface area contributed by atoms with Gasteiger partial charge in [0.2, 0.25) is 0 Å². The molecule has 0 aliphatic heterocycles. The second-order valence-electron chi connectivity index (χ2n) is 6.81. The van der Waals surface area contributed by atoms with Crippen molar-refractivity contribution in [1.29, 1.82) is 0 Å². The van der Waals surface area contributed by atoms with Crippen LogP contribution >= 0.6 is 0 Å². The monoisotopic (exact) mass is 379 g/mol. The zero-order chi connectivity index (χ0) is 20.0. The fraction of sp³-hybridized carbons (Fsp3) is 0.526. The zero-order valence-corrected chi connectivity index (χ0v) is 15.8. The summed E-state index contributed by atoms with van der Waals surface area (Å²) in [6, 6.07) is 2.85. The lowest BCUT2D eigenvalue weighted by Crippen LogP contribution is -2.30. The minimum Gasteiger partial charge on any atom is -0.493 e. The van der Waals surface area contributed by atoms with Crippen molar-refractivity contribution in [3.8, 4) is 11.5 Å². The molecule has 0 heterocycles. The first-order chi connectivity index (χ1) is 12.8. The van der Waals surface area contributed by atoms with Crippen LogP contribution < -0.4 is 9.47 Å². The third-order valence-corrected chi connectivity index (χ3v) is 4.94. The van der Waals surface area contributed by atoms with E-state index in [4.69, 9.17) is 14.2 Å². The molecule has 0 radical (unpaired) electrons. The van der Waals surface area contributed by atoms with E-state index < -0.39 is 16.3 Å². The van der Waals surface area contributed by atoms with E-state index in [1.54, 1.807) is 6.92 Å². The summed E-state index contributed by atoms with van der Waals surface area (Å²) in [6.07, 6.45) is 5.73. The molecule has 0 bridgehead atoms. The van der Waals surface area contributed by atoms with Gasteiger partial charge >= 0.3 is 5.97 Å². The second kappa shape index (κ2) is 8.85. The predicted molar refractivity (Wildman–Crippen MR) is 98.1 cm³/mol. The van der Waals surface area contributed by atoms with E-state index in [-0.39, 0.29) is 24.1 Å². The van der Waals surface area contributed by atoms with Gasteiger partial charge in [-0.2, -0.15) is 0 Å². The van der Waals surface area contributed by atoms with Crippen LogP contribution in [0.2, 0.25) is 0 Å². The third-order valence-electron chi connectivity index (χ3n) is 4.94. The number of carboxylic acids is 1. The predicted octanol–water partition coefficient (Wildman–Crippen LogP) is 3.72. The van der Waals surface area contributed by atoms with Crippen LogP contribution in [0.4, 0.5) is 5.69 Å². The van der Waals surface area contributed by atoms with Crippen molar-refractivity contribution < 1.29 is 29.0 Å². The van der Waals surface area contributed by atoms with Gasteiger partial charge in [0.05, 0.1) is 48.9 Å². The average molecular weight is 379 g/mol. The number of aliphatic carboxylic acids is 1. The molecule has 1 aliphatic rings. The van der Waals surface area contributed by atoms with Gasteiger partial charge < -0.3 is 19.3 Å². The molecule has 0 amide bonds. The molecule has 0 spiro atoms. The largest absolute Gasteiger partial charge is 0.493 e. The molecule has 27 heavy (non-hydrogen) atoms. The zero-order valence-electron chi connectivity index (χ0n) is 15.8. The number of rotatable bonds is 7. The van der Waals surface area contributed by atoms with Crippen molar-refractivity contribution in [2.24, 2.45) is 5.41 Å². The standard InChI is InChI=1S/C19H25NO7/c1-19(18(21)22)8-5-4-6-14(7-9-19)27-12-13-10-16(25-2)17(26-3)11-15(13)20(23)24/h4,6,10-11,14H,5,7-9,12H2,1-3H3,(H,21,22)/b6-4+/t14-,19+/m0/s1. The summed E-state index contributed by atoms with van der Waals surface area (Å²) in [5.41, 5.74) is -0.534. The lowest BCUT2D eigenvalue weighted by atomic mass is 9.79. The normalized spacial score (nSPS) is 23.7. The Labute approximate surface area is 157 Å². The molecule has 148 valence electrons. The van der Waals surface area contributed by atoms with Crippen molar-refractivity contribution >= 4 is 11.7 Å². The first-order valence-electron chi connectivity index (χ1n) is 8.71. The maximum absolute atomic E-state index is 11.5. The molecule has 1 aliphatic carbocycles. The lowest BCUT2D eigenvalue weighted by molar-refractivity contribution is -0.386. The van der Waals surface area contributed by atoms with E-state index in [1.807, 2.05) is 12.2 Å². The van der Waals surface area contributed by atoms with Crippen LogP contribution in [-0.2, 0) is 16.1 Å². The maximum Gasteiger partial charge on any atom is 0.309 e. The summed E-state index contributed by atoms with van der Waals surface area (Å²) in [4.78, 5) is 22.4. The Kier molecular flexibility index (Phi) is 6.79. The molecule has 1 aromatic carbocycles. The van der Waals surface area contributed by atoms with E-state index in [2.05, 4.69) is 0 Å². The summed E-state index contributed by atoms with van der Waals surface area (Å²) in [5.74, 6) is -0.156. The number of nitrogens with zero attached hydrogens (tertiary/aromatic N) is 1. The maximum atomic E-state index is 11.5. The van der Waals surface area contributed by atoms with Crippen LogP contribution in [0.1, 0.15) is 38.2 Å². The average Bonchev–Trinajstić information content (AvgIpc) is 2.63. The summed E-state index contributed by atoms with van der Waals surface area (Å²) < 4.78 is 16.2. The van der Waals surface area contributed by atoms with Crippen LogP contribution in [0.15, 0.2) is 24.3 Å². The Morgan fingerprint density at radius 3 is 2.56 bits per heavy atom. The van der Waals surface area contributed by atoms with E-state index >= 15 is 0 Å². The molecule has 0 fully saturated rings. The van der Waals surface area contributed by atoms with Gasteiger partial charge in [-0.3, -0.25) is 14.9 Å². The van der Waals surface area contributed by atoms with Crippen LogP contribution in [0.25, 0.3) is 0 Å². The molecule has 1 aromatic rings. The Bertz CT molecular complexity index is 731. The van der Waals surface area contributed by atoms with Gasteiger partial charge in [-0.05, 0) is 38.7 Å². The molecule has 2 rings (SSSR count). The van der Waals surface area contributed by atoms with Crippen molar-refractivity contribution in [3.63, 3.8) is 0 Å². The number of benzene rings is 1. The SMILES string of the molecule is COc1cc(CO[C@H]2/C=C/CC[C@@](C)(C(=O)O)CC2)c([N+](=O)[O-])cc1OC. The number of methoxy groups -OCH3 is 2. The molecule has 0 aromatic heterocycles. The van der Waals surface area contributed by atoms with Gasteiger partial charge in [-0.1, -0.05) is 12.2 Å². The molecule has 8 nitrogen and oxygen atoms in total. The minimum atomic E-state index is -0.813. The highest BCUT2D eigenvalue weighted by Gasteiger charge is 2.33. The van der Waals surface area contributed by atoms with Gasteiger partial charge in [-0.25, -0.2) is 0 Å². The summed E-state index contributed by atoms with van der Waals surface area (Å²) in [5, 5.41) is 20.8. The molecular formula is C19H25NO7. The van der Waals surface area contributed by atoms with Gasteiger partial charge in [0, 0.05) is 0 Å². The number of hydrogen-bond donors (Lipinski definition) is 1. The molecule has 8 heteroatoms. The van der Waals surface area contributed by atoms with E-state index in [0.717, 1.165) is 0 Å². The van der Waals surface area contributed by atoms with Crippen molar-refractivity contribution in [3.05, 3.63) is 40.0 Å². The summed E-state index contributed by atoms with van der Waals surface area (Å²) in [6.45, 7) is 1.75. The van der Waals surface area contributed by atoms with Crippen LogP contribution in [0.5, 0.6) is 11.5 Å². The van der Waals surface area contributed by atoms with Gasteiger partial charge in [0.25, 0.3) is 5.69 Å². The van der Waals surface area contributed by atoms with Crippen LogP contribution in [-0.4, -0.2) is 36.3 Å². The van der Waals surface area contributed by atoms with Crippen molar-refractivity contribution in [2.75, 3.05) is 14.2 Å².